The number of para-hydroxylation sites is 2. The second-order valence-corrected chi connectivity index (χ2v) is 9.17. The molecule has 4 rings (SSSR count). The third-order valence-electron chi connectivity index (χ3n) is 4.89. The zero-order valence-electron chi connectivity index (χ0n) is 18.4. The van der Waals surface area contributed by atoms with Crippen LogP contribution >= 0.6 is 11.6 Å². The molecule has 0 atom stereocenters. The molecule has 0 saturated heterocycles. The Balaban J connectivity index is 1.79. The summed E-state index contributed by atoms with van der Waals surface area (Å²) in [6, 6.07) is 15.1. The molecule has 11 nitrogen and oxygen atoms in total. The van der Waals surface area contributed by atoms with Gasteiger partial charge < -0.3 is 14.8 Å². The summed E-state index contributed by atoms with van der Waals surface area (Å²) in [5, 5.41) is 14.1. The third kappa shape index (κ3) is 5.03. The van der Waals surface area contributed by atoms with E-state index < -0.39 is 20.6 Å². The molecule has 0 radical (unpaired) electrons. The smallest absolute Gasteiger partial charge is 0.289 e. The van der Waals surface area contributed by atoms with Gasteiger partial charge in [0.2, 0.25) is 0 Å². The first-order valence-corrected chi connectivity index (χ1v) is 11.8. The first-order chi connectivity index (χ1) is 16.7. The zero-order chi connectivity index (χ0) is 25.2. The van der Waals surface area contributed by atoms with Gasteiger partial charge in [-0.15, -0.1) is 0 Å². The number of nitro benzene ring substituents is 1. The average Bonchev–Trinajstić information content (AvgIpc) is 2.84. The van der Waals surface area contributed by atoms with Crippen LogP contribution in [0, 0.1) is 10.1 Å². The quantitative estimate of drug-likeness (QED) is 0.250. The number of nitrogens with one attached hydrogen (secondary N) is 2. The van der Waals surface area contributed by atoms with Crippen molar-refractivity contribution in [1.82, 2.24) is 9.97 Å². The van der Waals surface area contributed by atoms with Crippen molar-refractivity contribution in [1.29, 1.82) is 0 Å². The monoisotopic (exact) mass is 515 g/mol. The summed E-state index contributed by atoms with van der Waals surface area (Å²) in [6.45, 7) is 0. The van der Waals surface area contributed by atoms with Crippen molar-refractivity contribution in [2.24, 2.45) is 0 Å². The molecule has 180 valence electrons. The number of benzene rings is 3. The minimum Gasteiger partial charge on any atom is -0.497 e. The van der Waals surface area contributed by atoms with Gasteiger partial charge in [0.05, 0.1) is 40.8 Å². The summed E-state index contributed by atoms with van der Waals surface area (Å²) in [4.78, 5) is 19.0. The maximum atomic E-state index is 13.1. The van der Waals surface area contributed by atoms with Crippen LogP contribution in [0.1, 0.15) is 0 Å². The van der Waals surface area contributed by atoms with Gasteiger partial charge in [-0.3, -0.25) is 14.8 Å². The average molecular weight is 516 g/mol. The Morgan fingerprint density at radius 1 is 0.943 bits per heavy atom. The number of rotatable bonds is 8. The molecule has 0 bridgehead atoms. The number of fused-ring (bicyclic) bond motifs is 1. The minimum atomic E-state index is -4.30. The molecule has 0 aliphatic rings. The summed E-state index contributed by atoms with van der Waals surface area (Å²) in [6.07, 6.45) is 0. The molecule has 0 fully saturated rings. The number of sulfonamides is 1. The zero-order valence-corrected chi connectivity index (χ0v) is 19.9. The molecule has 0 unspecified atom stereocenters. The molecule has 4 aromatic rings. The van der Waals surface area contributed by atoms with E-state index in [4.69, 9.17) is 21.1 Å². The van der Waals surface area contributed by atoms with Gasteiger partial charge in [-0.25, -0.2) is 18.4 Å². The summed E-state index contributed by atoms with van der Waals surface area (Å²) >= 11 is 5.82. The number of nitro groups is 1. The van der Waals surface area contributed by atoms with Crippen LogP contribution in [0.5, 0.6) is 11.5 Å². The molecule has 2 N–H and O–H groups in total. The van der Waals surface area contributed by atoms with Crippen LogP contribution in [0.2, 0.25) is 5.02 Å². The summed E-state index contributed by atoms with van der Waals surface area (Å²) in [5.41, 5.74) is 0.869. The normalized spacial score (nSPS) is 11.2. The second-order valence-electron chi connectivity index (χ2n) is 7.08. The van der Waals surface area contributed by atoms with Gasteiger partial charge in [-0.2, -0.15) is 0 Å². The van der Waals surface area contributed by atoms with Crippen LogP contribution in [-0.2, 0) is 10.0 Å². The fraction of sp³-hybridized carbons (Fsp3) is 0.0909. The van der Waals surface area contributed by atoms with Crippen molar-refractivity contribution in [3.63, 3.8) is 0 Å². The van der Waals surface area contributed by atoms with E-state index in [1.54, 1.807) is 42.5 Å². The van der Waals surface area contributed by atoms with E-state index >= 15 is 0 Å². The first kappa shape index (κ1) is 24.0. The molecule has 0 aliphatic carbocycles. The third-order valence-corrected chi connectivity index (χ3v) is 6.54. The molecule has 0 amide bonds. The van der Waals surface area contributed by atoms with Crippen LogP contribution in [0.3, 0.4) is 0 Å². The van der Waals surface area contributed by atoms with Crippen molar-refractivity contribution in [2.45, 2.75) is 4.90 Å². The highest BCUT2D eigenvalue weighted by Gasteiger charge is 2.23. The molecule has 0 aliphatic heterocycles. The van der Waals surface area contributed by atoms with Crippen LogP contribution in [0.4, 0.5) is 23.0 Å². The van der Waals surface area contributed by atoms with E-state index in [0.717, 1.165) is 18.2 Å². The Morgan fingerprint density at radius 3 is 2.26 bits per heavy atom. The SMILES string of the molecule is COc1ccc(Nc2nc3ccccc3nc2NS(=O)(=O)c2ccc(Cl)c([N+](=O)[O-])c2)c(OC)c1. The maximum absolute atomic E-state index is 13.1. The Labute approximate surface area is 204 Å². The molecule has 3 aromatic carbocycles. The molecule has 1 aromatic heterocycles. The summed E-state index contributed by atoms with van der Waals surface area (Å²) in [7, 11) is -1.31. The van der Waals surface area contributed by atoms with E-state index in [9.17, 15) is 18.5 Å². The van der Waals surface area contributed by atoms with Crippen molar-refractivity contribution in [3.05, 3.63) is 75.8 Å². The molecular weight excluding hydrogens is 498 g/mol. The summed E-state index contributed by atoms with van der Waals surface area (Å²) in [5.74, 6) is 0.932. The van der Waals surface area contributed by atoms with E-state index in [0.29, 0.717) is 28.2 Å². The van der Waals surface area contributed by atoms with Crippen molar-refractivity contribution in [3.8, 4) is 11.5 Å². The van der Waals surface area contributed by atoms with Crippen molar-refractivity contribution < 1.29 is 22.8 Å². The molecule has 0 saturated carbocycles. The highest BCUT2D eigenvalue weighted by atomic mass is 35.5. The van der Waals surface area contributed by atoms with Gasteiger partial charge in [0.15, 0.2) is 11.6 Å². The topological polar surface area (TPSA) is 146 Å². The predicted octanol–water partition coefficient (Wildman–Crippen LogP) is 4.75. The highest BCUT2D eigenvalue weighted by molar-refractivity contribution is 7.92. The number of hydrogen-bond acceptors (Lipinski definition) is 9. The molecule has 35 heavy (non-hydrogen) atoms. The maximum Gasteiger partial charge on any atom is 0.289 e. The number of halogens is 1. The van der Waals surface area contributed by atoms with E-state index in [-0.39, 0.29) is 21.6 Å². The molecule has 1 heterocycles. The van der Waals surface area contributed by atoms with Gasteiger partial charge in [0.25, 0.3) is 15.7 Å². The first-order valence-electron chi connectivity index (χ1n) is 9.94. The number of nitrogens with zero attached hydrogens (tertiary/aromatic N) is 3. The fourth-order valence-electron chi connectivity index (χ4n) is 3.17. The Bertz CT molecular complexity index is 1550. The van der Waals surface area contributed by atoms with Crippen molar-refractivity contribution >= 4 is 55.7 Å². The fourth-order valence-corrected chi connectivity index (χ4v) is 4.39. The number of methoxy groups -OCH3 is 2. The highest BCUT2D eigenvalue weighted by Crippen LogP contribution is 2.34. The van der Waals surface area contributed by atoms with E-state index in [1.807, 2.05) is 0 Å². The number of ether oxygens (including phenoxy) is 2. The molecule has 13 heteroatoms. The van der Waals surface area contributed by atoms with Gasteiger partial charge in [0.1, 0.15) is 16.5 Å². The lowest BCUT2D eigenvalue weighted by Gasteiger charge is -2.16. The molecular formula is C22H18ClN5O6S. The lowest BCUT2D eigenvalue weighted by Crippen LogP contribution is -2.16. The second kappa shape index (κ2) is 9.60. The Kier molecular flexibility index (Phi) is 6.58. The van der Waals surface area contributed by atoms with Crippen LogP contribution < -0.4 is 19.5 Å². The van der Waals surface area contributed by atoms with Gasteiger partial charge in [0, 0.05) is 12.1 Å². The van der Waals surface area contributed by atoms with Crippen LogP contribution in [0.15, 0.2) is 65.6 Å². The van der Waals surface area contributed by atoms with Gasteiger partial charge >= 0.3 is 0 Å². The Hall–Kier alpha value is -4.16. The molecule has 0 spiro atoms. The van der Waals surface area contributed by atoms with Gasteiger partial charge in [-0.05, 0) is 36.4 Å². The van der Waals surface area contributed by atoms with E-state index in [1.165, 1.54) is 14.2 Å². The standard InChI is InChI=1S/C22H18ClN5O6S/c1-33-13-7-10-18(20(11-13)34-2)26-21-22(25-17-6-4-3-5-16(17)24-21)27-35(31,32)14-8-9-15(23)19(12-14)28(29)30/h3-12H,1-2H3,(H,24,26)(H,25,27). The number of aromatic nitrogens is 2. The summed E-state index contributed by atoms with van der Waals surface area (Å²) < 4.78 is 39.2. The van der Waals surface area contributed by atoms with Gasteiger partial charge in [-0.1, -0.05) is 23.7 Å². The minimum absolute atomic E-state index is 0.0826. The lowest BCUT2D eigenvalue weighted by molar-refractivity contribution is -0.384. The predicted molar refractivity (Wildman–Crippen MR) is 131 cm³/mol. The number of hydrogen-bond donors (Lipinski definition) is 2. The van der Waals surface area contributed by atoms with E-state index in [2.05, 4.69) is 20.0 Å². The van der Waals surface area contributed by atoms with Crippen molar-refractivity contribution in [2.75, 3.05) is 24.3 Å². The lowest BCUT2D eigenvalue weighted by atomic mass is 10.2. The van der Waals surface area contributed by atoms with Crippen LogP contribution in [0.25, 0.3) is 11.0 Å². The number of anilines is 3. The largest absolute Gasteiger partial charge is 0.497 e. The van der Waals surface area contributed by atoms with Crippen LogP contribution in [-0.4, -0.2) is 37.5 Å². The Morgan fingerprint density at radius 2 is 1.63 bits per heavy atom.